The van der Waals surface area contributed by atoms with Crippen LogP contribution < -0.4 is 5.73 Å². The standard InChI is InChI=1S/C15H20N2OS/c1-11(16)7-8-15(18)17(2)9-12-10-19-14-6-4-3-5-13(12)14/h3-6,10-11H,7-9,16H2,1-2H3. The van der Waals surface area contributed by atoms with E-state index in [1.807, 2.05) is 26.1 Å². The van der Waals surface area contributed by atoms with Crippen LogP contribution >= 0.6 is 11.3 Å². The summed E-state index contributed by atoms with van der Waals surface area (Å²) >= 11 is 1.73. The minimum Gasteiger partial charge on any atom is -0.341 e. The lowest BCUT2D eigenvalue weighted by atomic mass is 10.1. The quantitative estimate of drug-likeness (QED) is 0.912. The van der Waals surface area contributed by atoms with Crippen molar-refractivity contribution in [3.63, 3.8) is 0 Å². The average Bonchev–Trinajstić information content (AvgIpc) is 2.79. The van der Waals surface area contributed by atoms with E-state index in [2.05, 4.69) is 17.5 Å². The number of carbonyl (C=O) groups excluding carboxylic acids is 1. The van der Waals surface area contributed by atoms with Crippen LogP contribution in [0.5, 0.6) is 0 Å². The van der Waals surface area contributed by atoms with Crippen molar-refractivity contribution in [2.45, 2.75) is 32.4 Å². The molecule has 0 fully saturated rings. The zero-order valence-corrected chi connectivity index (χ0v) is 12.2. The molecule has 2 aromatic rings. The van der Waals surface area contributed by atoms with Crippen molar-refractivity contribution in [3.05, 3.63) is 35.2 Å². The molecule has 0 aliphatic rings. The van der Waals surface area contributed by atoms with Crippen LogP contribution in [-0.2, 0) is 11.3 Å². The number of thiophene rings is 1. The molecule has 2 rings (SSSR count). The smallest absolute Gasteiger partial charge is 0.222 e. The second-order valence-corrected chi connectivity index (χ2v) is 5.93. The van der Waals surface area contributed by atoms with Crippen LogP contribution in [-0.4, -0.2) is 23.9 Å². The Kier molecular flexibility index (Phi) is 4.56. The van der Waals surface area contributed by atoms with Gasteiger partial charge in [-0.3, -0.25) is 4.79 Å². The van der Waals surface area contributed by atoms with Gasteiger partial charge in [0.15, 0.2) is 0 Å². The largest absolute Gasteiger partial charge is 0.341 e. The van der Waals surface area contributed by atoms with Crippen LogP contribution in [0.3, 0.4) is 0 Å². The summed E-state index contributed by atoms with van der Waals surface area (Å²) in [5.74, 6) is 0.160. The molecule has 1 unspecified atom stereocenters. The highest BCUT2D eigenvalue weighted by Crippen LogP contribution is 2.26. The highest BCUT2D eigenvalue weighted by Gasteiger charge is 2.12. The number of fused-ring (bicyclic) bond motifs is 1. The first-order chi connectivity index (χ1) is 9.08. The summed E-state index contributed by atoms with van der Waals surface area (Å²) in [6.45, 7) is 2.60. The molecule has 1 atom stereocenters. The van der Waals surface area contributed by atoms with E-state index >= 15 is 0 Å². The van der Waals surface area contributed by atoms with Gasteiger partial charge in [-0.05, 0) is 35.7 Å². The number of nitrogens with two attached hydrogens (primary N) is 1. The third-order valence-corrected chi connectivity index (χ3v) is 4.22. The van der Waals surface area contributed by atoms with Gasteiger partial charge in [0.25, 0.3) is 0 Å². The van der Waals surface area contributed by atoms with E-state index in [0.29, 0.717) is 13.0 Å². The molecule has 0 aliphatic heterocycles. The van der Waals surface area contributed by atoms with Gasteiger partial charge in [-0.15, -0.1) is 11.3 Å². The number of benzene rings is 1. The molecule has 1 aromatic heterocycles. The van der Waals surface area contributed by atoms with Gasteiger partial charge < -0.3 is 10.6 Å². The van der Waals surface area contributed by atoms with E-state index in [4.69, 9.17) is 5.73 Å². The summed E-state index contributed by atoms with van der Waals surface area (Å²) in [6.07, 6.45) is 1.27. The van der Waals surface area contributed by atoms with Gasteiger partial charge in [0.2, 0.25) is 5.91 Å². The molecule has 1 aromatic carbocycles. The Labute approximate surface area is 118 Å². The molecule has 0 aliphatic carbocycles. The summed E-state index contributed by atoms with van der Waals surface area (Å²) in [6, 6.07) is 8.39. The van der Waals surface area contributed by atoms with Gasteiger partial charge in [0.1, 0.15) is 0 Å². The minimum absolute atomic E-state index is 0.0827. The summed E-state index contributed by atoms with van der Waals surface area (Å²) in [5.41, 5.74) is 6.90. The highest BCUT2D eigenvalue weighted by molar-refractivity contribution is 7.17. The number of nitrogens with zero attached hydrogens (tertiary/aromatic N) is 1. The SMILES string of the molecule is CC(N)CCC(=O)N(C)Cc1csc2ccccc12. The zero-order chi connectivity index (χ0) is 13.8. The fraction of sp³-hybridized carbons (Fsp3) is 0.400. The third kappa shape index (κ3) is 3.55. The third-order valence-electron chi connectivity index (χ3n) is 3.21. The molecule has 0 saturated carbocycles. The minimum atomic E-state index is 0.0827. The Morgan fingerprint density at radius 1 is 1.42 bits per heavy atom. The molecule has 4 heteroatoms. The van der Waals surface area contributed by atoms with Gasteiger partial charge in [0, 0.05) is 30.8 Å². The Morgan fingerprint density at radius 3 is 2.89 bits per heavy atom. The van der Waals surface area contributed by atoms with Crippen LogP contribution in [0, 0.1) is 0 Å². The van der Waals surface area contributed by atoms with E-state index in [0.717, 1.165) is 6.42 Å². The van der Waals surface area contributed by atoms with E-state index in [9.17, 15) is 4.79 Å². The summed E-state index contributed by atoms with van der Waals surface area (Å²) in [5, 5.41) is 3.39. The Balaban J connectivity index is 2.02. The van der Waals surface area contributed by atoms with Gasteiger partial charge >= 0.3 is 0 Å². The van der Waals surface area contributed by atoms with Crippen LogP contribution in [0.4, 0.5) is 0 Å². The molecule has 3 nitrogen and oxygen atoms in total. The second-order valence-electron chi connectivity index (χ2n) is 5.02. The molecule has 0 spiro atoms. The highest BCUT2D eigenvalue weighted by atomic mass is 32.1. The summed E-state index contributed by atoms with van der Waals surface area (Å²) < 4.78 is 1.27. The van der Waals surface area contributed by atoms with Crippen molar-refractivity contribution in [1.29, 1.82) is 0 Å². The van der Waals surface area contributed by atoms with Gasteiger partial charge in [-0.1, -0.05) is 18.2 Å². The Hall–Kier alpha value is -1.39. The zero-order valence-electron chi connectivity index (χ0n) is 11.4. The number of amides is 1. The van der Waals surface area contributed by atoms with Crippen molar-refractivity contribution >= 4 is 27.3 Å². The summed E-state index contributed by atoms with van der Waals surface area (Å²) in [7, 11) is 1.86. The van der Waals surface area contributed by atoms with E-state index in [1.54, 1.807) is 16.2 Å². The maximum Gasteiger partial charge on any atom is 0.222 e. The molecule has 0 bridgehead atoms. The fourth-order valence-corrected chi connectivity index (χ4v) is 2.99. The van der Waals surface area contributed by atoms with E-state index in [-0.39, 0.29) is 11.9 Å². The van der Waals surface area contributed by atoms with Gasteiger partial charge in [0.05, 0.1) is 0 Å². The van der Waals surface area contributed by atoms with Crippen molar-refractivity contribution in [1.82, 2.24) is 4.90 Å². The van der Waals surface area contributed by atoms with Gasteiger partial charge in [-0.25, -0.2) is 0 Å². The van der Waals surface area contributed by atoms with Crippen LogP contribution in [0.25, 0.3) is 10.1 Å². The monoisotopic (exact) mass is 276 g/mol. The molecule has 1 heterocycles. The van der Waals surface area contributed by atoms with Crippen LogP contribution in [0.2, 0.25) is 0 Å². The molecule has 1 amide bonds. The number of hydrogen-bond acceptors (Lipinski definition) is 3. The molecule has 0 saturated heterocycles. The number of rotatable bonds is 5. The van der Waals surface area contributed by atoms with Crippen molar-refractivity contribution < 1.29 is 4.79 Å². The fourth-order valence-electron chi connectivity index (χ4n) is 2.04. The first-order valence-electron chi connectivity index (χ1n) is 6.52. The maximum absolute atomic E-state index is 12.0. The first-order valence-corrected chi connectivity index (χ1v) is 7.40. The molecule has 2 N–H and O–H groups in total. The maximum atomic E-state index is 12.0. The van der Waals surface area contributed by atoms with Crippen LogP contribution in [0.15, 0.2) is 29.6 Å². The van der Waals surface area contributed by atoms with E-state index < -0.39 is 0 Å². The Bertz CT molecular complexity index is 562. The number of hydrogen-bond donors (Lipinski definition) is 1. The predicted octanol–water partition coefficient (Wildman–Crippen LogP) is 2.99. The van der Waals surface area contributed by atoms with E-state index in [1.165, 1.54) is 15.6 Å². The van der Waals surface area contributed by atoms with Gasteiger partial charge in [-0.2, -0.15) is 0 Å². The Morgan fingerprint density at radius 2 is 2.16 bits per heavy atom. The lowest BCUT2D eigenvalue weighted by molar-refractivity contribution is -0.130. The molecule has 102 valence electrons. The average molecular weight is 276 g/mol. The first kappa shape index (κ1) is 14.0. The summed E-state index contributed by atoms with van der Waals surface area (Å²) in [4.78, 5) is 13.8. The van der Waals surface area contributed by atoms with Crippen molar-refractivity contribution in [2.24, 2.45) is 5.73 Å². The van der Waals surface area contributed by atoms with Crippen molar-refractivity contribution in [2.75, 3.05) is 7.05 Å². The normalized spacial score (nSPS) is 12.6. The molecular formula is C15H20N2OS. The predicted molar refractivity (Wildman–Crippen MR) is 81.2 cm³/mol. The second kappa shape index (κ2) is 6.17. The molecule has 0 radical (unpaired) electrons. The number of carbonyl (C=O) groups is 1. The lowest BCUT2D eigenvalue weighted by Gasteiger charge is -2.17. The lowest BCUT2D eigenvalue weighted by Crippen LogP contribution is -2.27. The molecular weight excluding hydrogens is 256 g/mol. The topological polar surface area (TPSA) is 46.3 Å². The van der Waals surface area contributed by atoms with Crippen LogP contribution in [0.1, 0.15) is 25.3 Å². The van der Waals surface area contributed by atoms with Crippen molar-refractivity contribution in [3.8, 4) is 0 Å². The molecule has 19 heavy (non-hydrogen) atoms.